The van der Waals surface area contributed by atoms with E-state index in [0.29, 0.717) is 12.0 Å². The second kappa shape index (κ2) is 11.7. The number of nitrogens with one attached hydrogen (secondary N) is 1. The molecule has 0 heterocycles. The van der Waals surface area contributed by atoms with Crippen LogP contribution >= 0.6 is 0 Å². The quantitative estimate of drug-likeness (QED) is 0.557. The molecule has 0 saturated heterocycles. The second-order valence-corrected chi connectivity index (χ2v) is 6.18. The van der Waals surface area contributed by atoms with E-state index in [0.717, 1.165) is 31.2 Å². The minimum atomic E-state index is -0.609. The lowest BCUT2D eigenvalue weighted by Crippen LogP contribution is -2.09. The van der Waals surface area contributed by atoms with Gasteiger partial charge in [-0.15, -0.1) is 0 Å². The molecule has 2 amide bonds. The fraction of sp³-hybridized carbons (Fsp3) is 0.579. The summed E-state index contributed by atoms with van der Waals surface area (Å²) >= 11 is 0. The zero-order valence-electron chi connectivity index (χ0n) is 14.0. The van der Waals surface area contributed by atoms with Crippen LogP contribution < -0.4 is 11.5 Å². The molecule has 3 N–H and O–H groups in total. The van der Waals surface area contributed by atoms with Gasteiger partial charge in [0.15, 0.2) is 0 Å². The molecule has 0 spiro atoms. The van der Waals surface area contributed by atoms with Gasteiger partial charge < -0.3 is 5.73 Å². The lowest BCUT2D eigenvalue weighted by Gasteiger charge is -2.04. The van der Waals surface area contributed by atoms with Gasteiger partial charge in [-0.05, 0) is 37.0 Å². The third-order valence-electron chi connectivity index (χ3n) is 4.08. The molecule has 1 aromatic rings. The highest BCUT2D eigenvalue weighted by Gasteiger charge is 2.02. The summed E-state index contributed by atoms with van der Waals surface area (Å²) in [5.41, 5.74) is 13.9. The zero-order valence-corrected chi connectivity index (χ0v) is 14.0. The van der Waals surface area contributed by atoms with E-state index in [9.17, 15) is 9.59 Å². The van der Waals surface area contributed by atoms with E-state index < -0.39 is 5.91 Å². The molecule has 0 aliphatic carbocycles. The molecule has 1 aromatic carbocycles. The molecule has 0 aliphatic heterocycles. The Kier molecular flexibility index (Phi) is 9.76. The lowest BCUT2D eigenvalue weighted by molar-refractivity contribution is -0.118. The Labute approximate surface area is 139 Å². The van der Waals surface area contributed by atoms with E-state index in [2.05, 4.69) is 0 Å². The molecule has 0 fully saturated rings. The monoisotopic (exact) mass is 317 g/mol. The average Bonchev–Trinajstić information content (AvgIpc) is 2.52. The SMILES string of the molecule is [NH]C(=O)c1cccc(CCCCCCCCCCCC(N)=O)c1. The third kappa shape index (κ3) is 9.72. The standard InChI is InChI=1S/C19H29N2O2/c20-18(22)14-9-7-5-3-1-2-4-6-8-11-16-12-10-13-17(15-16)19(21)23/h10,12-13,15,21H,1-9,11,14H2,(H2,20,22). The largest absolute Gasteiger partial charge is 0.370 e. The number of carbonyl (C=O) groups excluding carboxylic acids is 2. The highest BCUT2D eigenvalue weighted by molar-refractivity contribution is 5.92. The molecule has 0 atom stereocenters. The smallest absolute Gasteiger partial charge is 0.269 e. The predicted octanol–water partition coefficient (Wildman–Crippen LogP) is 4.04. The molecule has 23 heavy (non-hydrogen) atoms. The Bertz CT molecular complexity index is 486. The fourth-order valence-corrected chi connectivity index (χ4v) is 2.73. The molecule has 0 bridgehead atoms. The Balaban J connectivity index is 1.96. The highest BCUT2D eigenvalue weighted by Crippen LogP contribution is 2.13. The van der Waals surface area contributed by atoms with Crippen LogP contribution in [0.1, 0.15) is 80.1 Å². The van der Waals surface area contributed by atoms with Crippen LogP contribution in [0.15, 0.2) is 24.3 Å². The van der Waals surface area contributed by atoms with Gasteiger partial charge in [-0.2, -0.15) is 0 Å². The van der Waals surface area contributed by atoms with E-state index in [1.54, 1.807) is 6.07 Å². The van der Waals surface area contributed by atoms with Gasteiger partial charge in [0.25, 0.3) is 5.91 Å². The van der Waals surface area contributed by atoms with E-state index in [1.807, 2.05) is 18.2 Å². The number of nitrogens with two attached hydrogens (primary N) is 1. The molecular weight excluding hydrogens is 288 g/mol. The Morgan fingerprint density at radius 1 is 0.870 bits per heavy atom. The first-order chi connectivity index (χ1) is 11.1. The van der Waals surface area contributed by atoms with Crippen LogP contribution in [-0.2, 0) is 11.2 Å². The maximum atomic E-state index is 11.0. The first kappa shape index (κ1) is 19.2. The van der Waals surface area contributed by atoms with Gasteiger partial charge in [0.1, 0.15) is 0 Å². The summed E-state index contributed by atoms with van der Waals surface area (Å²) < 4.78 is 0. The zero-order chi connectivity index (χ0) is 16.9. The minimum Gasteiger partial charge on any atom is -0.370 e. The molecule has 0 aromatic heterocycles. The van der Waals surface area contributed by atoms with Crippen molar-refractivity contribution in [3.05, 3.63) is 35.4 Å². The van der Waals surface area contributed by atoms with Crippen LogP contribution in [-0.4, -0.2) is 11.8 Å². The topological polar surface area (TPSA) is 84.0 Å². The number of amides is 2. The van der Waals surface area contributed by atoms with E-state index >= 15 is 0 Å². The highest BCUT2D eigenvalue weighted by atomic mass is 16.1. The predicted molar refractivity (Wildman–Crippen MR) is 92.9 cm³/mol. The van der Waals surface area contributed by atoms with Gasteiger partial charge in [-0.3, -0.25) is 15.3 Å². The summed E-state index contributed by atoms with van der Waals surface area (Å²) in [6, 6.07) is 7.41. The van der Waals surface area contributed by atoms with Crippen molar-refractivity contribution >= 4 is 11.8 Å². The van der Waals surface area contributed by atoms with Gasteiger partial charge in [-0.25, -0.2) is 0 Å². The molecule has 0 unspecified atom stereocenters. The van der Waals surface area contributed by atoms with Gasteiger partial charge in [0, 0.05) is 12.0 Å². The summed E-state index contributed by atoms with van der Waals surface area (Å²) in [6.45, 7) is 0. The van der Waals surface area contributed by atoms with E-state index in [-0.39, 0.29) is 5.91 Å². The number of aryl methyl sites for hydroxylation is 1. The molecule has 0 saturated carbocycles. The van der Waals surface area contributed by atoms with Gasteiger partial charge in [0.05, 0.1) is 0 Å². The van der Waals surface area contributed by atoms with Gasteiger partial charge in [-0.1, -0.05) is 57.1 Å². The fourth-order valence-electron chi connectivity index (χ4n) is 2.73. The van der Waals surface area contributed by atoms with Crippen molar-refractivity contribution in [2.45, 2.75) is 70.6 Å². The number of unbranched alkanes of at least 4 members (excludes halogenated alkanes) is 8. The molecule has 0 aliphatic rings. The number of hydrogen-bond acceptors (Lipinski definition) is 2. The van der Waals surface area contributed by atoms with Crippen LogP contribution in [0.5, 0.6) is 0 Å². The van der Waals surface area contributed by atoms with Crippen molar-refractivity contribution < 1.29 is 9.59 Å². The molecule has 4 nitrogen and oxygen atoms in total. The van der Waals surface area contributed by atoms with Crippen molar-refractivity contribution in [2.75, 3.05) is 0 Å². The molecular formula is C19H29N2O2. The summed E-state index contributed by atoms with van der Waals surface area (Å²) in [5.74, 6) is -0.801. The minimum absolute atomic E-state index is 0.192. The number of hydrogen-bond donors (Lipinski definition) is 1. The maximum absolute atomic E-state index is 11.0. The molecule has 127 valence electrons. The number of carbonyl (C=O) groups is 2. The van der Waals surface area contributed by atoms with Crippen molar-refractivity contribution in [2.24, 2.45) is 5.73 Å². The summed E-state index contributed by atoms with van der Waals surface area (Å²) in [6.07, 6.45) is 12.1. The summed E-state index contributed by atoms with van der Waals surface area (Å²) in [5, 5.41) is 0. The van der Waals surface area contributed by atoms with Gasteiger partial charge >= 0.3 is 0 Å². The maximum Gasteiger partial charge on any atom is 0.269 e. The number of primary amides is 1. The van der Waals surface area contributed by atoms with E-state index in [4.69, 9.17) is 11.5 Å². The van der Waals surface area contributed by atoms with Gasteiger partial charge in [0.2, 0.25) is 5.91 Å². The number of benzene rings is 1. The Morgan fingerprint density at radius 2 is 1.43 bits per heavy atom. The van der Waals surface area contributed by atoms with Crippen LogP contribution in [0.25, 0.3) is 0 Å². The second-order valence-electron chi connectivity index (χ2n) is 6.18. The third-order valence-corrected chi connectivity index (χ3v) is 4.08. The lowest BCUT2D eigenvalue weighted by atomic mass is 10.0. The molecule has 1 rings (SSSR count). The van der Waals surface area contributed by atoms with Crippen molar-refractivity contribution in [1.82, 2.24) is 5.73 Å². The van der Waals surface area contributed by atoms with Crippen molar-refractivity contribution in [3.8, 4) is 0 Å². The number of rotatable bonds is 13. The van der Waals surface area contributed by atoms with Crippen LogP contribution in [0.2, 0.25) is 0 Å². The van der Waals surface area contributed by atoms with E-state index in [1.165, 1.54) is 38.5 Å². The van der Waals surface area contributed by atoms with Crippen molar-refractivity contribution in [3.63, 3.8) is 0 Å². The first-order valence-corrected chi connectivity index (χ1v) is 8.73. The summed E-state index contributed by atoms with van der Waals surface area (Å²) in [4.78, 5) is 21.6. The van der Waals surface area contributed by atoms with Crippen LogP contribution in [0.3, 0.4) is 0 Å². The van der Waals surface area contributed by atoms with Crippen LogP contribution in [0, 0.1) is 0 Å². The molecule has 1 radical (unpaired) electrons. The summed E-state index contributed by atoms with van der Waals surface area (Å²) in [7, 11) is 0. The average molecular weight is 317 g/mol. The normalized spacial score (nSPS) is 10.6. The van der Waals surface area contributed by atoms with Crippen molar-refractivity contribution in [1.29, 1.82) is 0 Å². The Hall–Kier alpha value is -1.84. The Morgan fingerprint density at radius 3 is 2.00 bits per heavy atom. The first-order valence-electron chi connectivity index (χ1n) is 8.73. The van der Waals surface area contributed by atoms with Crippen LogP contribution in [0.4, 0.5) is 0 Å². The molecule has 4 heteroatoms.